The average Bonchev–Trinajstić information content (AvgIpc) is 3.56. The van der Waals surface area contributed by atoms with E-state index in [0.29, 0.717) is 26.7 Å². The predicted molar refractivity (Wildman–Crippen MR) is 159 cm³/mol. The molecule has 226 valence electrons. The number of benzene rings is 1. The summed E-state index contributed by atoms with van der Waals surface area (Å²) in [6.45, 7) is 10.00. The van der Waals surface area contributed by atoms with Gasteiger partial charge in [0.05, 0.1) is 31.8 Å². The van der Waals surface area contributed by atoms with Crippen LogP contribution in [-0.4, -0.2) is 49.6 Å². The summed E-state index contributed by atoms with van der Waals surface area (Å²) in [5.74, 6) is -0.438. The Hall–Kier alpha value is -3.61. The number of ether oxygens (including phenoxy) is 2. The number of rotatable bonds is 12. The van der Waals surface area contributed by atoms with E-state index in [9.17, 15) is 23.9 Å². The molecule has 2 atom stereocenters. The van der Waals surface area contributed by atoms with Gasteiger partial charge in [0.2, 0.25) is 0 Å². The molecule has 0 unspecified atom stereocenters. The fourth-order valence-corrected chi connectivity index (χ4v) is 6.21. The third kappa shape index (κ3) is 5.97. The summed E-state index contributed by atoms with van der Waals surface area (Å²) in [7, 11) is 1.44. The maximum Gasteiger partial charge on any atom is 0.333 e. The van der Waals surface area contributed by atoms with Crippen molar-refractivity contribution in [3.8, 4) is 10.8 Å². The zero-order chi connectivity index (χ0) is 30.9. The lowest BCUT2D eigenvalue weighted by molar-refractivity contribution is -0.127. The van der Waals surface area contributed by atoms with E-state index in [-0.39, 0.29) is 36.7 Å². The molecule has 0 spiro atoms. The van der Waals surface area contributed by atoms with E-state index in [1.165, 1.54) is 41.2 Å². The first-order valence-electron chi connectivity index (χ1n) is 13.7. The van der Waals surface area contributed by atoms with Crippen molar-refractivity contribution < 1.29 is 23.8 Å². The molecule has 0 aliphatic rings. The molecule has 0 fully saturated rings. The van der Waals surface area contributed by atoms with Crippen LogP contribution in [-0.2, 0) is 21.6 Å². The molecule has 42 heavy (non-hydrogen) atoms. The van der Waals surface area contributed by atoms with Crippen LogP contribution in [0.2, 0.25) is 0 Å². The molecule has 0 saturated heterocycles. The number of carbonyl (C=O) groups excluding carboxylic acids is 1. The predicted octanol–water partition coefficient (Wildman–Crippen LogP) is 4.36. The van der Waals surface area contributed by atoms with Crippen molar-refractivity contribution >= 4 is 27.3 Å². The normalized spacial score (nSPS) is 13.6. The second kappa shape index (κ2) is 12.3. The zero-order valence-corrected chi connectivity index (χ0v) is 25.7. The number of hydrogen-bond donors (Lipinski definition) is 1. The molecule has 10 nitrogen and oxygen atoms in total. The highest BCUT2D eigenvalue weighted by atomic mass is 32.1. The summed E-state index contributed by atoms with van der Waals surface area (Å²) in [4.78, 5) is 42.2. The van der Waals surface area contributed by atoms with Crippen LogP contribution in [0.1, 0.15) is 58.3 Å². The molecule has 0 bridgehead atoms. The standard InChI is InChI=1S/C30H37FN4O6S/c1-17(2)13-24(37)30(5,6)35-26(38)25-19(4)27(34-12-8-11-32-34)42-28(25)33(29(35)39)15-23(41-16-18(3)36)21-14-20(31)9-10-22(21)40-7/h8-12,14,17-18,23,36H,13,15-16H2,1-7H3/t18-,23-/m0/s1. The second-order valence-electron chi connectivity index (χ2n) is 11.3. The highest BCUT2D eigenvalue weighted by Gasteiger charge is 2.36. The van der Waals surface area contributed by atoms with Gasteiger partial charge in [0.25, 0.3) is 5.56 Å². The lowest BCUT2D eigenvalue weighted by Crippen LogP contribution is -2.53. The number of halogens is 1. The minimum atomic E-state index is -1.46. The Kier molecular flexibility index (Phi) is 9.19. The van der Waals surface area contributed by atoms with Crippen LogP contribution in [0.25, 0.3) is 15.2 Å². The van der Waals surface area contributed by atoms with Crippen LogP contribution < -0.4 is 16.0 Å². The Morgan fingerprint density at radius 1 is 1.21 bits per heavy atom. The highest BCUT2D eigenvalue weighted by molar-refractivity contribution is 7.21. The minimum Gasteiger partial charge on any atom is -0.496 e. The zero-order valence-electron chi connectivity index (χ0n) is 24.9. The van der Waals surface area contributed by atoms with E-state index in [4.69, 9.17) is 9.47 Å². The number of Topliss-reactive ketones (excluding diaryl/α,β-unsaturated/α-hetero) is 1. The molecule has 0 radical (unpaired) electrons. The molecular weight excluding hydrogens is 563 g/mol. The maximum absolute atomic E-state index is 14.5. The Balaban J connectivity index is 2.03. The van der Waals surface area contributed by atoms with Gasteiger partial charge in [-0.1, -0.05) is 25.2 Å². The second-order valence-corrected chi connectivity index (χ2v) is 12.3. The number of carbonyl (C=O) groups is 1. The topological polar surface area (TPSA) is 118 Å². The van der Waals surface area contributed by atoms with Crippen LogP contribution in [0.5, 0.6) is 5.75 Å². The summed E-state index contributed by atoms with van der Waals surface area (Å²) in [6, 6.07) is 5.72. The van der Waals surface area contributed by atoms with Crippen molar-refractivity contribution in [3.63, 3.8) is 0 Å². The largest absolute Gasteiger partial charge is 0.496 e. The van der Waals surface area contributed by atoms with Crippen molar-refractivity contribution in [1.29, 1.82) is 0 Å². The van der Waals surface area contributed by atoms with Gasteiger partial charge >= 0.3 is 5.69 Å². The maximum atomic E-state index is 14.5. The van der Waals surface area contributed by atoms with Crippen LogP contribution in [0.15, 0.2) is 46.2 Å². The molecular formula is C30H37FN4O6S. The molecule has 0 aliphatic carbocycles. The van der Waals surface area contributed by atoms with Crippen molar-refractivity contribution in [3.05, 3.63) is 74.4 Å². The van der Waals surface area contributed by atoms with Crippen LogP contribution >= 0.6 is 11.3 Å². The van der Waals surface area contributed by atoms with Gasteiger partial charge in [0.15, 0.2) is 5.78 Å². The van der Waals surface area contributed by atoms with Gasteiger partial charge in [-0.3, -0.25) is 14.2 Å². The number of nitrogens with zero attached hydrogens (tertiary/aromatic N) is 4. The summed E-state index contributed by atoms with van der Waals surface area (Å²) in [6.07, 6.45) is 1.72. The summed E-state index contributed by atoms with van der Waals surface area (Å²) in [5, 5.41) is 15.2. The minimum absolute atomic E-state index is 0.0198. The number of hydrogen-bond acceptors (Lipinski definition) is 8. The molecule has 4 rings (SSSR count). The number of methoxy groups -OCH3 is 1. The van der Waals surface area contributed by atoms with Crippen molar-refractivity contribution in [2.24, 2.45) is 5.92 Å². The summed E-state index contributed by atoms with van der Waals surface area (Å²) >= 11 is 1.20. The first kappa shape index (κ1) is 31.3. The molecule has 0 amide bonds. The van der Waals surface area contributed by atoms with Gasteiger partial charge in [0, 0.05) is 29.9 Å². The smallest absolute Gasteiger partial charge is 0.333 e. The van der Waals surface area contributed by atoms with Crippen molar-refractivity contribution in [2.75, 3.05) is 13.7 Å². The van der Waals surface area contributed by atoms with E-state index in [0.717, 1.165) is 4.57 Å². The van der Waals surface area contributed by atoms with E-state index in [2.05, 4.69) is 5.10 Å². The van der Waals surface area contributed by atoms with Gasteiger partial charge < -0.3 is 14.6 Å². The average molecular weight is 601 g/mol. The van der Waals surface area contributed by atoms with E-state index < -0.39 is 34.8 Å². The van der Waals surface area contributed by atoms with Crippen LogP contribution in [0.4, 0.5) is 4.39 Å². The number of fused-ring (bicyclic) bond motifs is 1. The summed E-state index contributed by atoms with van der Waals surface area (Å²) < 4.78 is 30.0. The Morgan fingerprint density at radius 2 is 1.93 bits per heavy atom. The molecule has 4 aromatic rings. The lowest BCUT2D eigenvalue weighted by atomic mass is 9.91. The molecule has 1 N–H and O–H groups in total. The van der Waals surface area contributed by atoms with Gasteiger partial charge in [0.1, 0.15) is 33.0 Å². The Morgan fingerprint density at radius 3 is 2.52 bits per heavy atom. The van der Waals surface area contributed by atoms with E-state index in [1.54, 1.807) is 50.8 Å². The Labute approximate surface area is 246 Å². The fraction of sp³-hybridized carbons (Fsp3) is 0.467. The monoisotopic (exact) mass is 600 g/mol. The van der Waals surface area contributed by atoms with Crippen molar-refractivity contribution in [1.82, 2.24) is 18.9 Å². The van der Waals surface area contributed by atoms with E-state index >= 15 is 0 Å². The first-order chi connectivity index (χ1) is 19.8. The van der Waals surface area contributed by atoms with Crippen molar-refractivity contribution in [2.45, 2.75) is 72.3 Å². The number of aliphatic hydroxyl groups excluding tert-OH is 1. The molecule has 3 aromatic heterocycles. The quantitative estimate of drug-likeness (QED) is 0.257. The highest BCUT2D eigenvalue weighted by Crippen LogP contribution is 2.34. The molecule has 12 heteroatoms. The molecule has 1 aromatic carbocycles. The van der Waals surface area contributed by atoms with Gasteiger partial charge in [-0.15, -0.1) is 0 Å². The first-order valence-corrected chi connectivity index (χ1v) is 14.5. The van der Waals surface area contributed by atoms with E-state index in [1.807, 2.05) is 13.8 Å². The third-order valence-electron chi connectivity index (χ3n) is 7.16. The molecule has 0 aliphatic heterocycles. The van der Waals surface area contributed by atoms with Crippen LogP contribution in [0.3, 0.4) is 0 Å². The number of thiophene rings is 1. The number of ketones is 1. The lowest BCUT2D eigenvalue weighted by Gasteiger charge is -2.28. The molecule has 3 heterocycles. The Bertz CT molecular complexity index is 1700. The van der Waals surface area contributed by atoms with Crippen LogP contribution in [0, 0.1) is 18.7 Å². The number of aryl methyl sites for hydroxylation is 1. The third-order valence-corrected chi connectivity index (χ3v) is 8.46. The number of aromatic nitrogens is 4. The molecule has 0 saturated carbocycles. The number of aliphatic hydroxyl groups is 1. The summed E-state index contributed by atoms with van der Waals surface area (Å²) in [5.41, 5.74) is -1.81. The van der Waals surface area contributed by atoms with Gasteiger partial charge in [-0.25, -0.2) is 18.4 Å². The fourth-order valence-electron chi connectivity index (χ4n) is 4.96. The van der Waals surface area contributed by atoms with Gasteiger partial charge in [-0.2, -0.15) is 5.10 Å². The SMILES string of the molecule is COc1ccc(F)cc1[C@H](Cn1c(=O)n(C(C)(C)C(=O)CC(C)C)c(=O)c2c(C)c(-n3cccn3)sc21)OC[C@H](C)O. The van der Waals surface area contributed by atoms with Gasteiger partial charge in [-0.05, 0) is 57.9 Å².